The van der Waals surface area contributed by atoms with E-state index < -0.39 is 0 Å². The van der Waals surface area contributed by atoms with Crippen molar-refractivity contribution in [1.29, 1.82) is 0 Å². The number of ketones is 1. The number of amides is 2. The summed E-state index contributed by atoms with van der Waals surface area (Å²) >= 11 is 1.38. The topological polar surface area (TPSA) is 66.5 Å². The summed E-state index contributed by atoms with van der Waals surface area (Å²) in [7, 11) is 0. The van der Waals surface area contributed by atoms with Crippen LogP contribution >= 0.6 is 11.3 Å². The molecular weight excluding hydrogens is 336 g/mol. The Morgan fingerprint density at radius 2 is 1.68 bits per heavy atom. The molecule has 2 aromatic rings. The molecule has 1 aromatic carbocycles. The smallest absolute Gasteiger partial charge is 0.253 e. The van der Waals surface area contributed by atoms with Gasteiger partial charge in [-0.3, -0.25) is 14.4 Å². The van der Waals surface area contributed by atoms with Crippen molar-refractivity contribution in [3.63, 3.8) is 0 Å². The van der Waals surface area contributed by atoms with E-state index in [2.05, 4.69) is 5.32 Å². The molecule has 0 saturated heterocycles. The first-order valence-electron chi connectivity index (χ1n) is 8.31. The minimum Gasteiger partial charge on any atom is -0.339 e. The van der Waals surface area contributed by atoms with Gasteiger partial charge in [0.25, 0.3) is 5.91 Å². The van der Waals surface area contributed by atoms with Gasteiger partial charge < -0.3 is 10.2 Å². The Labute approximate surface area is 151 Å². The number of carbonyl (C=O) groups excluding carboxylic acids is 3. The lowest BCUT2D eigenvalue weighted by Gasteiger charge is -2.18. The van der Waals surface area contributed by atoms with Crippen LogP contribution < -0.4 is 5.32 Å². The van der Waals surface area contributed by atoms with E-state index in [0.29, 0.717) is 29.2 Å². The lowest BCUT2D eigenvalue weighted by atomic mass is 10.1. The Balaban J connectivity index is 1.87. The van der Waals surface area contributed by atoms with Gasteiger partial charge >= 0.3 is 0 Å². The van der Waals surface area contributed by atoms with Crippen LogP contribution in [0.25, 0.3) is 0 Å². The normalized spacial score (nSPS) is 10.3. The van der Waals surface area contributed by atoms with Crippen LogP contribution in [-0.2, 0) is 4.79 Å². The second-order valence-corrected chi connectivity index (χ2v) is 6.45. The number of benzene rings is 1. The lowest BCUT2D eigenvalue weighted by molar-refractivity contribution is -0.116. The zero-order chi connectivity index (χ0) is 18.2. The first-order valence-corrected chi connectivity index (χ1v) is 9.19. The van der Waals surface area contributed by atoms with Gasteiger partial charge in [0.1, 0.15) is 0 Å². The number of hydrogen-bond acceptors (Lipinski definition) is 4. The van der Waals surface area contributed by atoms with Crippen molar-refractivity contribution < 1.29 is 14.4 Å². The lowest BCUT2D eigenvalue weighted by Crippen LogP contribution is -2.30. The average Bonchev–Trinajstić information content (AvgIpc) is 3.16. The Morgan fingerprint density at radius 1 is 1.00 bits per heavy atom. The Hall–Kier alpha value is -2.47. The molecule has 2 amide bonds. The van der Waals surface area contributed by atoms with E-state index in [4.69, 9.17) is 0 Å². The summed E-state index contributed by atoms with van der Waals surface area (Å²) in [6, 6.07) is 10.4. The van der Waals surface area contributed by atoms with Crippen molar-refractivity contribution >= 4 is 34.6 Å². The molecule has 0 unspecified atom stereocenters. The summed E-state index contributed by atoms with van der Waals surface area (Å²) in [6.07, 6.45) is 0.321. The van der Waals surface area contributed by atoms with Gasteiger partial charge in [0.15, 0.2) is 5.78 Å². The number of nitrogens with one attached hydrogen (secondary N) is 1. The second kappa shape index (κ2) is 9.13. The maximum Gasteiger partial charge on any atom is 0.253 e. The standard InChI is InChI=1S/C19H22N2O3S/c1-3-21(4-2)19(24)14-7-9-15(10-8-14)20-18(23)12-11-16(22)17-6-5-13-25-17/h5-10,13H,3-4,11-12H2,1-2H3,(H,20,23). The monoisotopic (exact) mass is 358 g/mol. The first kappa shape index (κ1) is 18.9. The summed E-state index contributed by atoms with van der Waals surface area (Å²) in [4.78, 5) is 38.5. The van der Waals surface area contributed by atoms with Crippen LogP contribution in [0.2, 0.25) is 0 Å². The second-order valence-electron chi connectivity index (χ2n) is 5.50. The fourth-order valence-corrected chi connectivity index (χ4v) is 3.09. The molecule has 6 heteroatoms. The quantitative estimate of drug-likeness (QED) is 0.729. The fraction of sp³-hybridized carbons (Fsp3) is 0.316. The first-order chi connectivity index (χ1) is 12.0. The van der Waals surface area contributed by atoms with Gasteiger partial charge in [0.2, 0.25) is 5.91 Å². The van der Waals surface area contributed by atoms with Crippen LogP contribution in [0.3, 0.4) is 0 Å². The number of rotatable bonds is 8. The molecule has 1 N–H and O–H groups in total. The third kappa shape index (κ3) is 5.26. The molecule has 0 radical (unpaired) electrons. The van der Waals surface area contributed by atoms with E-state index in [1.165, 1.54) is 11.3 Å². The average molecular weight is 358 g/mol. The van der Waals surface area contributed by atoms with Crippen molar-refractivity contribution in [2.75, 3.05) is 18.4 Å². The molecule has 25 heavy (non-hydrogen) atoms. The van der Waals surface area contributed by atoms with E-state index in [0.717, 1.165) is 0 Å². The molecule has 1 aromatic heterocycles. The van der Waals surface area contributed by atoms with Gasteiger partial charge in [0, 0.05) is 37.2 Å². The molecule has 0 aliphatic heterocycles. The van der Waals surface area contributed by atoms with Crippen molar-refractivity contribution in [3.05, 3.63) is 52.2 Å². The molecule has 0 spiro atoms. The van der Waals surface area contributed by atoms with Crippen molar-refractivity contribution in [1.82, 2.24) is 4.90 Å². The van der Waals surface area contributed by atoms with E-state index in [1.807, 2.05) is 25.3 Å². The van der Waals surface area contributed by atoms with E-state index in [9.17, 15) is 14.4 Å². The predicted molar refractivity (Wildman–Crippen MR) is 100 cm³/mol. The molecule has 0 atom stereocenters. The zero-order valence-corrected chi connectivity index (χ0v) is 15.3. The summed E-state index contributed by atoms with van der Waals surface area (Å²) in [5.41, 5.74) is 1.21. The van der Waals surface area contributed by atoms with E-state index >= 15 is 0 Å². The van der Waals surface area contributed by atoms with Crippen molar-refractivity contribution in [2.45, 2.75) is 26.7 Å². The molecule has 0 fully saturated rings. The maximum absolute atomic E-state index is 12.2. The molecule has 0 aliphatic rings. The Kier molecular flexibility index (Phi) is 6.89. The van der Waals surface area contributed by atoms with Crippen LogP contribution in [0, 0.1) is 0 Å². The largest absolute Gasteiger partial charge is 0.339 e. The number of carbonyl (C=O) groups is 3. The number of nitrogens with zero attached hydrogens (tertiary/aromatic N) is 1. The number of hydrogen-bond donors (Lipinski definition) is 1. The van der Waals surface area contributed by atoms with Gasteiger partial charge in [0.05, 0.1) is 4.88 Å². The van der Waals surface area contributed by atoms with Crippen LogP contribution in [0.15, 0.2) is 41.8 Å². The highest BCUT2D eigenvalue weighted by molar-refractivity contribution is 7.12. The Morgan fingerprint density at radius 3 is 2.24 bits per heavy atom. The van der Waals surface area contributed by atoms with Crippen LogP contribution in [-0.4, -0.2) is 35.6 Å². The third-order valence-corrected chi connectivity index (χ3v) is 4.75. The van der Waals surface area contributed by atoms with Gasteiger partial charge in [-0.1, -0.05) is 6.07 Å². The Bertz CT molecular complexity index is 720. The molecule has 132 valence electrons. The number of thiophene rings is 1. The highest BCUT2D eigenvalue weighted by Gasteiger charge is 2.13. The van der Waals surface area contributed by atoms with Crippen LogP contribution in [0.4, 0.5) is 5.69 Å². The third-order valence-electron chi connectivity index (χ3n) is 3.84. The fourth-order valence-electron chi connectivity index (χ4n) is 2.40. The summed E-state index contributed by atoms with van der Waals surface area (Å²) < 4.78 is 0. The minimum absolute atomic E-state index is 0.0229. The zero-order valence-electron chi connectivity index (χ0n) is 14.5. The molecule has 0 aliphatic carbocycles. The summed E-state index contributed by atoms with van der Waals surface area (Å²) in [6.45, 7) is 5.19. The van der Waals surface area contributed by atoms with Gasteiger partial charge in [-0.15, -0.1) is 11.3 Å². The highest BCUT2D eigenvalue weighted by atomic mass is 32.1. The molecular formula is C19H22N2O3S. The van der Waals surface area contributed by atoms with Gasteiger partial charge in [-0.25, -0.2) is 0 Å². The minimum atomic E-state index is -0.215. The van der Waals surface area contributed by atoms with Crippen molar-refractivity contribution in [3.8, 4) is 0 Å². The molecule has 0 bridgehead atoms. The molecule has 0 saturated carbocycles. The van der Waals surface area contributed by atoms with E-state index in [-0.39, 0.29) is 30.4 Å². The van der Waals surface area contributed by atoms with Crippen LogP contribution in [0.5, 0.6) is 0 Å². The molecule has 5 nitrogen and oxygen atoms in total. The SMILES string of the molecule is CCN(CC)C(=O)c1ccc(NC(=O)CCC(=O)c2cccs2)cc1. The summed E-state index contributed by atoms with van der Waals surface area (Å²) in [5, 5.41) is 4.59. The van der Waals surface area contributed by atoms with Crippen LogP contribution in [0.1, 0.15) is 46.7 Å². The molecule has 2 rings (SSSR count). The maximum atomic E-state index is 12.2. The van der Waals surface area contributed by atoms with Gasteiger partial charge in [-0.2, -0.15) is 0 Å². The number of anilines is 1. The summed E-state index contributed by atoms with van der Waals surface area (Å²) in [5.74, 6) is -0.262. The van der Waals surface area contributed by atoms with Gasteiger partial charge in [-0.05, 0) is 49.6 Å². The molecule has 1 heterocycles. The predicted octanol–water partition coefficient (Wildman–Crippen LogP) is 3.83. The number of Topliss-reactive ketones (excluding diaryl/α,β-unsaturated/α-hetero) is 1. The van der Waals surface area contributed by atoms with Crippen molar-refractivity contribution in [2.24, 2.45) is 0 Å². The van der Waals surface area contributed by atoms with E-state index in [1.54, 1.807) is 35.2 Å². The highest BCUT2D eigenvalue weighted by Crippen LogP contribution is 2.14.